The maximum atomic E-state index is 5.19. The highest BCUT2D eigenvalue weighted by Crippen LogP contribution is 2.25. The number of aromatic nitrogens is 2. The fourth-order valence-corrected chi connectivity index (χ4v) is 2.84. The molecule has 1 aromatic heterocycles. The van der Waals surface area contributed by atoms with Crippen LogP contribution in [0.1, 0.15) is 25.6 Å². The lowest BCUT2D eigenvalue weighted by atomic mass is 9.99. The highest BCUT2D eigenvalue weighted by molar-refractivity contribution is 5.60. The van der Waals surface area contributed by atoms with Crippen molar-refractivity contribution < 1.29 is 4.74 Å². The molecule has 1 saturated heterocycles. The molecule has 2 aromatic rings. The van der Waals surface area contributed by atoms with Crippen LogP contribution in [-0.2, 0) is 0 Å². The summed E-state index contributed by atoms with van der Waals surface area (Å²) < 4.78 is 5.19. The molecule has 0 amide bonds. The zero-order valence-corrected chi connectivity index (χ0v) is 14.0. The number of aryl methyl sites for hydroxylation is 1. The second-order valence-corrected chi connectivity index (χ2v) is 6.18. The highest BCUT2D eigenvalue weighted by Gasteiger charge is 2.18. The number of rotatable bonds is 4. The summed E-state index contributed by atoms with van der Waals surface area (Å²) in [6.07, 6.45) is 2.45. The summed E-state index contributed by atoms with van der Waals surface area (Å²) in [6.45, 7) is 6.40. The molecule has 2 heterocycles. The van der Waals surface area contributed by atoms with Gasteiger partial charge in [-0.1, -0.05) is 6.92 Å². The minimum absolute atomic E-state index is 0.789. The zero-order valence-electron chi connectivity index (χ0n) is 14.0. The average molecular weight is 312 g/mol. The molecule has 0 atom stereocenters. The largest absolute Gasteiger partial charge is 0.497 e. The molecule has 1 aliphatic rings. The second kappa shape index (κ2) is 6.86. The van der Waals surface area contributed by atoms with Crippen molar-refractivity contribution in [3.8, 4) is 5.75 Å². The molecule has 0 bridgehead atoms. The molecule has 23 heavy (non-hydrogen) atoms. The van der Waals surface area contributed by atoms with Crippen LogP contribution >= 0.6 is 0 Å². The monoisotopic (exact) mass is 312 g/mol. The van der Waals surface area contributed by atoms with Crippen molar-refractivity contribution in [2.75, 3.05) is 30.4 Å². The molecule has 0 spiro atoms. The molecule has 1 fully saturated rings. The van der Waals surface area contributed by atoms with E-state index in [2.05, 4.69) is 27.1 Å². The molecule has 0 unspecified atom stereocenters. The standard InChI is InChI=1S/C18H24N4O/c1-13-8-10-22(11-9-13)18-12-17(19-14(2)20-18)21-15-4-6-16(23-3)7-5-15/h4-7,12-13H,8-11H2,1-3H3,(H,19,20,21). The van der Waals surface area contributed by atoms with E-state index in [9.17, 15) is 0 Å². The summed E-state index contributed by atoms with van der Waals surface area (Å²) in [5.41, 5.74) is 0.988. The summed E-state index contributed by atoms with van der Waals surface area (Å²) in [7, 11) is 1.67. The van der Waals surface area contributed by atoms with Gasteiger partial charge in [0.15, 0.2) is 0 Å². The smallest absolute Gasteiger partial charge is 0.136 e. The Morgan fingerprint density at radius 2 is 1.83 bits per heavy atom. The summed E-state index contributed by atoms with van der Waals surface area (Å²) in [4.78, 5) is 11.5. The number of nitrogens with zero attached hydrogens (tertiary/aromatic N) is 3. The lowest BCUT2D eigenvalue weighted by molar-refractivity contribution is 0.415. The van der Waals surface area contributed by atoms with Crippen molar-refractivity contribution in [2.24, 2.45) is 5.92 Å². The number of hydrogen-bond donors (Lipinski definition) is 1. The molecule has 5 heteroatoms. The third-order valence-corrected chi connectivity index (χ3v) is 4.29. The van der Waals surface area contributed by atoms with Crippen LogP contribution in [0.25, 0.3) is 0 Å². The third-order valence-electron chi connectivity index (χ3n) is 4.29. The number of nitrogens with one attached hydrogen (secondary N) is 1. The van der Waals surface area contributed by atoms with Crippen LogP contribution in [-0.4, -0.2) is 30.2 Å². The maximum Gasteiger partial charge on any atom is 0.136 e. The molecular weight excluding hydrogens is 288 g/mol. The first-order valence-corrected chi connectivity index (χ1v) is 8.16. The van der Waals surface area contributed by atoms with E-state index in [0.717, 1.165) is 47.9 Å². The van der Waals surface area contributed by atoms with Crippen molar-refractivity contribution in [3.05, 3.63) is 36.2 Å². The molecule has 1 aromatic carbocycles. The van der Waals surface area contributed by atoms with E-state index in [1.54, 1.807) is 7.11 Å². The van der Waals surface area contributed by atoms with E-state index in [4.69, 9.17) is 4.74 Å². The minimum atomic E-state index is 0.789. The Morgan fingerprint density at radius 1 is 1.13 bits per heavy atom. The SMILES string of the molecule is COc1ccc(Nc2cc(N3CCC(C)CC3)nc(C)n2)cc1. The molecule has 122 valence electrons. The molecule has 5 nitrogen and oxygen atoms in total. The van der Waals surface area contributed by atoms with Crippen molar-refractivity contribution >= 4 is 17.3 Å². The van der Waals surface area contributed by atoms with E-state index in [0.29, 0.717) is 0 Å². The first-order chi connectivity index (χ1) is 11.1. The average Bonchev–Trinajstić information content (AvgIpc) is 2.56. The van der Waals surface area contributed by atoms with Gasteiger partial charge in [0.2, 0.25) is 0 Å². The van der Waals surface area contributed by atoms with Crippen LogP contribution in [0, 0.1) is 12.8 Å². The number of ether oxygens (including phenoxy) is 1. The molecule has 3 rings (SSSR count). The van der Waals surface area contributed by atoms with Gasteiger partial charge in [0, 0.05) is 24.8 Å². The van der Waals surface area contributed by atoms with Gasteiger partial charge in [-0.3, -0.25) is 0 Å². The van der Waals surface area contributed by atoms with Crippen LogP contribution < -0.4 is 15.0 Å². The van der Waals surface area contributed by atoms with Gasteiger partial charge in [-0.25, -0.2) is 9.97 Å². The van der Waals surface area contributed by atoms with E-state index in [-0.39, 0.29) is 0 Å². The van der Waals surface area contributed by atoms with Gasteiger partial charge in [-0.2, -0.15) is 0 Å². The predicted molar refractivity (Wildman–Crippen MR) is 93.7 cm³/mol. The highest BCUT2D eigenvalue weighted by atomic mass is 16.5. The topological polar surface area (TPSA) is 50.3 Å². The normalized spacial score (nSPS) is 15.5. The van der Waals surface area contributed by atoms with Crippen LogP contribution in [0.3, 0.4) is 0 Å². The lowest BCUT2D eigenvalue weighted by Crippen LogP contribution is -2.33. The van der Waals surface area contributed by atoms with Crippen LogP contribution in [0.4, 0.5) is 17.3 Å². The molecular formula is C18H24N4O. The summed E-state index contributed by atoms with van der Waals surface area (Å²) >= 11 is 0. The first-order valence-electron chi connectivity index (χ1n) is 8.16. The van der Waals surface area contributed by atoms with Crippen molar-refractivity contribution in [2.45, 2.75) is 26.7 Å². The van der Waals surface area contributed by atoms with Crippen LogP contribution in [0.15, 0.2) is 30.3 Å². The van der Waals surface area contributed by atoms with Crippen molar-refractivity contribution in [1.29, 1.82) is 0 Å². The van der Waals surface area contributed by atoms with E-state index >= 15 is 0 Å². The van der Waals surface area contributed by atoms with E-state index in [1.807, 2.05) is 37.3 Å². The fraction of sp³-hybridized carbons (Fsp3) is 0.444. The van der Waals surface area contributed by atoms with Gasteiger partial charge in [-0.05, 0) is 49.9 Å². The Labute approximate surface area is 137 Å². The predicted octanol–water partition coefficient (Wildman–Crippen LogP) is 3.77. The minimum Gasteiger partial charge on any atom is -0.497 e. The molecule has 0 radical (unpaired) electrons. The van der Waals surface area contributed by atoms with Gasteiger partial charge in [0.25, 0.3) is 0 Å². The Morgan fingerprint density at radius 3 is 2.48 bits per heavy atom. The second-order valence-electron chi connectivity index (χ2n) is 6.18. The Hall–Kier alpha value is -2.30. The summed E-state index contributed by atoms with van der Waals surface area (Å²) in [6, 6.07) is 9.87. The van der Waals surface area contributed by atoms with Crippen molar-refractivity contribution in [1.82, 2.24) is 9.97 Å². The van der Waals surface area contributed by atoms with Gasteiger partial charge >= 0.3 is 0 Å². The lowest BCUT2D eigenvalue weighted by Gasteiger charge is -2.31. The fourth-order valence-electron chi connectivity index (χ4n) is 2.84. The summed E-state index contributed by atoms with van der Waals surface area (Å²) in [5.74, 6) is 4.29. The molecule has 1 N–H and O–H groups in total. The summed E-state index contributed by atoms with van der Waals surface area (Å²) in [5, 5.41) is 3.35. The zero-order chi connectivity index (χ0) is 16.2. The number of hydrogen-bond acceptors (Lipinski definition) is 5. The quantitative estimate of drug-likeness (QED) is 0.931. The molecule has 1 aliphatic heterocycles. The van der Waals surface area contributed by atoms with Crippen molar-refractivity contribution in [3.63, 3.8) is 0 Å². The van der Waals surface area contributed by atoms with Gasteiger partial charge in [-0.15, -0.1) is 0 Å². The first kappa shape index (κ1) is 15.6. The van der Waals surface area contributed by atoms with Gasteiger partial charge in [0.1, 0.15) is 23.2 Å². The van der Waals surface area contributed by atoms with Gasteiger partial charge in [0.05, 0.1) is 7.11 Å². The van der Waals surface area contributed by atoms with E-state index in [1.165, 1.54) is 12.8 Å². The number of anilines is 3. The van der Waals surface area contributed by atoms with Crippen LogP contribution in [0.2, 0.25) is 0 Å². The molecule has 0 aliphatic carbocycles. The van der Waals surface area contributed by atoms with E-state index < -0.39 is 0 Å². The van der Waals surface area contributed by atoms with Crippen LogP contribution in [0.5, 0.6) is 5.75 Å². The third kappa shape index (κ3) is 3.92. The number of methoxy groups -OCH3 is 1. The number of piperidine rings is 1. The Kier molecular flexibility index (Phi) is 4.65. The van der Waals surface area contributed by atoms with Gasteiger partial charge < -0.3 is 15.0 Å². The number of benzene rings is 1. The Balaban J connectivity index is 1.76. The maximum absolute atomic E-state index is 5.19. The molecule has 0 saturated carbocycles. The Bertz CT molecular complexity index is 649.